The third-order valence-corrected chi connectivity index (χ3v) is 3.48. The number of carboxylic acids is 1. The van der Waals surface area contributed by atoms with Crippen LogP contribution in [-0.2, 0) is 9.59 Å². The summed E-state index contributed by atoms with van der Waals surface area (Å²) in [4.78, 5) is 35.7. The number of nitrogens with one attached hydrogen (secondary N) is 2. The van der Waals surface area contributed by atoms with Gasteiger partial charge in [-0.1, -0.05) is 11.6 Å². The molecule has 2 rings (SSSR count). The molecule has 0 atom stereocenters. The van der Waals surface area contributed by atoms with Crippen LogP contribution in [0.25, 0.3) is 0 Å². The molecule has 1 aromatic carbocycles. The van der Waals surface area contributed by atoms with E-state index in [1.807, 2.05) is 0 Å². The van der Waals surface area contributed by atoms with Crippen molar-refractivity contribution in [3.05, 3.63) is 29.3 Å². The van der Waals surface area contributed by atoms with Gasteiger partial charge in [0.2, 0.25) is 5.91 Å². The van der Waals surface area contributed by atoms with Crippen LogP contribution in [0.1, 0.15) is 6.92 Å². The van der Waals surface area contributed by atoms with Crippen LogP contribution in [0.5, 0.6) is 0 Å². The Balaban J connectivity index is 1.98. The molecular weight excluding hydrogens is 298 g/mol. The molecule has 7 nitrogen and oxygen atoms in total. The van der Waals surface area contributed by atoms with Crippen LogP contribution in [0.3, 0.4) is 0 Å². The fraction of sp³-hybridized carbons (Fsp3) is 0.308. The first-order valence-corrected chi connectivity index (χ1v) is 6.54. The molecule has 1 aromatic rings. The molecule has 0 spiro atoms. The number of benzene rings is 1. The van der Waals surface area contributed by atoms with E-state index in [1.165, 1.54) is 11.8 Å². The molecule has 1 fully saturated rings. The maximum atomic E-state index is 11.9. The first-order valence-electron chi connectivity index (χ1n) is 6.16. The minimum absolute atomic E-state index is 0.0499. The standard InChI is InChI=1S/C13H14ClN3O4/c1-8(18)17-6-13(7-17,11(19)20)16-12(21)15-10-4-2-9(14)3-5-10/h2-5H,6-7H2,1H3,(H,19,20)(H2,15,16,21). The second kappa shape index (κ2) is 5.61. The summed E-state index contributed by atoms with van der Waals surface area (Å²) < 4.78 is 0. The number of amides is 3. The summed E-state index contributed by atoms with van der Waals surface area (Å²) in [5.74, 6) is -1.40. The van der Waals surface area contributed by atoms with E-state index in [-0.39, 0.29) is 19.0 Å². The predicted molar refractivity (Wildman–Crippen MR) is 76.2 cm³/mol. The molecule has 1 aliphatic heterocycles. The van der Waals surface area contributed by atoms with Crippen molar-refractivity contribution < 1.29 is 19.5 Å². The van der Waals surface area contributed by atoms with Crippen molar-refractivity contribution in [3.63, 3.8) is 0 Å². The number of hydrogen-bond donors (Lipinski definition) is 3. The smallest absolute Gasteiger partial charge is 0.333 e. The molecule has 1 heterocycles. The number of aliphatic carboxylic acids is 1. The Morgan fingerprint density at radius 2 is 1.81 bits per heavy atom. The van der Waals surface area contributed by atoms with Crippen molar-refractivity contribution in [3.8, 4) is 0 Å². The summed E-state index contributed by atoms with van der Waals surface area (Å²) in [5.41, 5.74) is -0.956. The minimum Gasteiger partial charge on any atom is -0.479 e. The van der Waals surface area contributed by atoms with Gasteiger partial charge >= 0.3 is 12.0 Å². The van der Waals surface area contributed by atoms with Gasteiger partial charge in [0.05, 0.1) is 13.1 Å². The summed E-state index contributed by atoms with van der Waals surface area (Å²) in [7, 11) is 0. The number of carbonyl (C=O) groups is 3. The molecular formula is C13H14ClN3O4. The highest BCUT2D eigenvalue weighted by molar-refractivity contribution is 6.30. The van der Waals surface area contributed by atoms with Crippen molar-refractivity contribution >= 4 is 35.2 Å². The fourth-order valence-corrected chi connectivity index (χ4v) is 2.13. The number of rotatable bonds is 3. The maximum Gasteiger partial charge on any atom is 0.333 e. The Morgan fingerprint density at radius 1 is 1.24 bits per heavy atom. The van der Waals surface area contributed by atoms with Crippen LogP contribution in [0.4, 0.5) is 10.5 Å². The lowest BCUT2D eigenvalue weighted by atomic mass is 9.90. The van der Waals surface area contributed by atoms with Gasteiger partial charge < -0.3 is 20.6 Å². The van der Waals surface area contributed by atoms with E-state index in [2.05, 4.69) is 10.6 Å². The van der Waals surface area contributed by atoms with Gasteiger partial charge in [0.25, 0.3) is 0 Å². The zero-order valence-electron chi connectivity index (χ0n) is 11.2. The number of nitrogens with zero attached hydrogens (tertiary/aromatic N) is 1. The minimum atomic E-state index is -1.44. The Hall–Kier alpha value is -2.28. The highest BCUT2D eigenvalue weighted by Gasteiger charge is 2.52. The zero-order chi connectivity index (χ0) is 15.6. The first kappa shape index (κ1) is 15.1. The second-order valence-corrected chi connectivity index (χ2v) is 5.28. The van der Waals surface area contributed by atoms with E-state index in [4.69, 9.17) is 11.6 Å². The summed E-state index contributed by atoms with van der Waals surface area (Å²) in [6, 6.07) is 5.74. The average molecular weight is 312 g/mol. The summed E-state index contributed by atoms with van der Waals surface area (Å²) >= 11 is 5.73. The first-order chi connectivity index (χ1) is 9.82. The van der Waals surface area contributed by atoms with Crippen LogP contribution >= 0.6 is 11.6 Å². The molecule has 3 N–H and O–H groups in total. The number of urea groups is 1. The fourth-order valence-electron chi connectivity index (χ4n) is 2.01. The number of hydrogen-bond acceptors (Lipinski definition) is 3. The number of carbonyl (C=O) groups excluding carboxylic acids is 2. The van der Waals surface area contributed by atoms with E-state index < -0.39 is 17.5 Å². The molecule has 0 unspecified atom stereocenters. The number of halogens is 1. The third-order valence-electron chi connectivity index (χ3n) is 3.23. The van der Waals surface area contributed by atoms with Crippen LogP contribution in [0.2, 0.25) is 5.02 Å². The topological polar surface area (TPSA) is 98.7 Å². The largest absolute Gasteiger partial charge is 0.479 e. The van der Waals surface area contributed by atoms with Crippen molar-refractivity contribution in [2.24, 2.45) is 0 Å². The third kappa shape index (κ3) is 3.25. The number of likely N-dealkylation sites (tertiary alicyclic amines) is 1. The Morgan fingerprint density at radius 3 is 2.29 bits per heavy atom. The summed E-state index contributed by atoms with van der Waals surface area (Å²) in [6.07, 6.45) is 0. The molecule has 0 aliphatic carbocycles. The lowest BCUT2D eigenvalue weighted by Gasteiger charge is -2.46. The van der Waals surface area contributed by atoms with Gasteiger partial charge in [0, 0.05) is 17.6 Å². The monoisotopic (exact) mass is 311 g/mol. The van der Waals surface area contributed by atoms with Gasteiger partial charge in [0.1, 0.15) is 0 Å². The van der Waals surface area contributed by atoms with E-state index in [1.54, 1.807) is 24.3 Å². The highest BCUT2D eigenvalue weighted by Crippen LogP contribution is 2.22. The van der Waals surface area contributed by atoms with E-state index in [0.717, 1.165) is 0 Å². The maximum absolute atomic E-state index is 11.9. The van der Waals surface area contributed by atoms with Gasteiger partial charge in [-0.15, -0.1) is 0 Å². The van der Waals surface area contributed by atoms with Crippen LogP contribution < -0.4 is 10.6 Å². The van der Waals surface area contributed by atoms with Gasteiger partial charge in [-0.05, 0) is 24.3 Å². The van der Waals surface area contributed by atoms with Gasteiger partial charge in [-0.25, -0.2) is 9.59 Å². The number of anilines is 1. The lowest BCUT2D eigenvalue weighted by Crippen LogP contribution is -2.75. The molecule has 0 bridgehead atoms. The van der Waals surface area contributed by atoms with E-state index in [0.29, 0.717) is 10.7 Å². The van der Waals surface area contributed by atoms with Gasteiger partial charge in [-0.3, -0.25) is 4.79 Å². The average Bonchev–Trinajstić information content (AvgIpc) is 2.35. The molecule has 1 aliphatic rings. The van der Waals surface area contributed by atoms with Crippen LogP contribution in [0.15, 0.2) is 24.3 Å². The zero-order valence-corrected chi connectivity index (χ0v) is 12.0. The van der Waals surface area contributed by atoms with Crippen molar-refractivity contribution in [2.75, 3.05) is 18.4 Å². The van der Waals surface area contributed by atoms with E-state index >= 15 is 0 Å². The highest BCUT2D eigenvalue weighted by atomic mass is 35.5. The molecule has 0 saturated carbocycles. The normalized spacial score (nSPS) is 15.8. The molecule has 0 aromatic heterocycles. The molecule has 3 amide bonds. The van der Waals surface area contributed by atoms with Crippen molar-refractivity contribution in [1.29, 1.82) is 0 Å². The van der Waals surface area contributed by atoms with Gasteiger partial charge in [-0.2, -0.15) is 0 Å². The molecule has 0 radical (unpaired) electrons. The second-order valence-electron chi connectivity index (χ2n) is 4.85. The SMILES string of the molecule is CC(=O)N1CC(NC(=O)Nc2ccc(Cl)cc2)(C(=O)O)C1. The van der Waals surface area contributed by atoms with Crippen molar-refractivity contribution in [1.82, 2.24) is 10.2 Å². The summed E-state index contributed by atoms with van der Waals surface area (Å²) in [6.45, 7) is 1.25. The quantitative estimate of drug-likeness (QED) is 0.779. The molecule has 1 saturated heterocycles. The Kier molecular flexibility index (Phi) is 4.04. The van der Waals surface area contributed by atoms with Crippen molar-refractivity contribution in [2.45, 2.75) is 12.5 Å². The number of carboxylic acid groups (broad SMARTS) is 1. The molecule has 21 heavy (non-hydrogen) atoms. The van der Waals surface area contributed by atoms with E-state index in [9.17, 15) is 19.5 Å². The predicted octanol–water partition coefficient (Wildman–Crippen LogP) is 1.15. The molecule has 8 heteroatoms. The van der Waals surface area contributed by atoms with Crippen LogP contribution in [-0.4, -0.2) is 46.5 Å². The van der Waals surface area contributed by atoms with Crippen LogP contribution in [0, 0.1) is 0 Å². The van der Waals surface area contributed by atoms with Gasteiger partial charge in [0.15, 0.2) is 5.54 Å². The lowest BCUT2D eigenvalue weighted by molar-refractivity contribution is -0.156. The summed E-state index contributed by atoms with van der Waals surface area (Å²) in [5, 5.41) is 14.7. The molecule has 112 valence electrons. The Labute approximate surface area is 125 Å². The Bertz CT molecular complexity index is 582.